The third-order valence-electron chi connectivity index (χ3n) is 3.07. The second-order valence-corrected chi connectivity index (χ2v) is 5.88. The normalized spacial score (nSPS) is 37.2. The smallest absolute Gasteiger partial charge is 0.394 e. The highest BCUT2D eigenvalue weighted by Crippen LogP contribution is 2.36. The van der Waals surface area contributed by atoms with Crippen molar-refractivity contribution in [2.75, 3.05) is 13.2 Å². The van der Waals surface area contributed by atoms with Crippen molar-refractivity contribution < 1.29 is 54.3 Å². The first-order valence-corrected chi connectivity index (χ1v) is 7.48. The lowest BCUT2D eigenvalue weighted by atomic mass is 9.91. The van der Waals surface area contributed by atoms with Crippen LogP contribution >= 0.6 is 7.82 Å². The summed E-state index contributed by atoms with van der Waals surface area (Å²) in [4.78, 5) is 17.0. The van der Waals surface area contributed by atoms with Crippen LogP contribution in [0.25, 0.3) is 0 Å². The van der Waals surface area contributed by atoms with Gasteiger partial charge >= 0.3 is 7.82 Å². The third-order valence-corrected chi connectivity index (χ3v) is 3.56. The van der Waals surface area contributed by atoms with Gasteiger partial charge in [-0.25, -0.2) is 4.57 Å². The molecule has 0 aliphatic carbocycles. The molecule has 0 aromatic rings. The van der Waals surface area contributed by atoms with Crippen LogP contribution in [0.4, 0.5) is 0 Å². The standard InChI is InChI=1S/C9H19O11P/c10-1-4-6(13)7(14)8(15)9(20-4)5(12)3(11)2-19-21(16,17)18/h3-15H,1-2H2,(H2,16,17,18)/t3?,4-,5?,6-,7+,8-,9?/m1/s1. The predicted octanol–water partition coefficient (Wildman–Crippen LogP) is -4.34. The molecule has 0 spiro atoms. The quantitative estimate of drug-likeness (QED) is 0.218. The van der Waals surface area contributed by atoms with Crippen molar-refractivity contribution in [2.24, 2.45) is 0 Å². The van der Waals surface area contributed by atoms with Crippen molar-refractivity contribution in [1.29, 1.82) is 0 Å². The minimum absolute atomic E-state index is 0.719. The van der Waals surface area contributed by atoms with E-state index in [0.717, 1.165) is 0 Å². The molecule has 1 fully saturated rings. The van der Waals surface area contributed by atoms with E-state index in [1.54, 1.807) is 0 Å². The summed E-state index contributed by atoms with van der Waals surface area (Å²) >= 11 is 0. The van der Waals surface area contributed by atoms with Gasteiger partial charge in [-0.2, -0.15) is 0 Å². The van der Waals surface area contributed by atoms with E-state index >= 15 is 0 Å². The average Bonchev–Trinajstić information content (AvgIpc) is 2.41. The van der Waals surface area contributed by atoms with Gasteiger partial charge in [-0.05, 0) is 0 Å². The fraction of sp³-hybridized carbons (Fsp3) is 1.00. The van der Waals surface area contributed by atoms with Gasteiger partial charge in [0.25, 0.3) is 0 Å². The lowest BCUT2D eigenvalue weighted by Gasteiger charge is -2.42. The number of phosphoric ester groups is 1. The predicted molar refractivity (Wildman–Crippen MR) is 63.8 cm³/mol. The van der Waals surface area contributed by atoms with Crippen LogP contribution in [0.3, 0.4) is 0 Å². The minimum Gasteiger partial charge on any atom is -0.394 e. The Bertz CT molecular complexity index is 371. The summed E-state index contributed by atoms with van der Waals surface area (Å²) in [6.07, 6.45) is -11.8. The number of ether oxygens (including phenoxy) is 1. The van der Waals surface area contributed by atoms with Crippen molar-refractivity contribution in [2.45, 2.75) is 42.7 Å². The Balaban J connectivity index is 2.71. The van der Waals surface area contributed by atoms with Crippen LogP contribution in [-0.2, 0) is 13.8 Å². The maximum Gasteiger partial charge on any atom is 0.469 e. The Morgan fingerprint density at radius 3 is 2.14 bits per heavy atom. The Kier molecular flexibility index (Phi) is 6.65. The van der Waals surface area contributed by atoms with Crippen LogP contribution in [0, 0.1) is 0 Å². The van der Waals surface area contributed by atoms with Gasteiger partial charge in [0.1, 0.15) is 42.7 Å². The molecule has 0 aromatic carbocycles. The summed E-state index contributed by atoms with van der Waals surface area (Å²) in [6, 6.07) is 0. The molecular weight excluding hydrogens is 315 g/mol. The number of hydrogen-bond donors (Lipinski definition) is 8. The van der Waals surface area contributed by atoms with E-state index in [9.17, 15) is 30.1 Å². The molecule has 1 aliphatic heterocycles. The molecular formula is C9H19O11P. The zero-order valence-corrected chi connectivity index (χ0v) is 11.6. The van der Waals surface area contributed by atoms with Crippen LogP contribution in [0.5, 0.6) is 0 Å². The third kappa shape index (κ3) is 4.91. The van der Waals surface area contributed by atoms with E-state index in [1.165, 1.54) is 0 Å². The molecule has 0 amide bonds. The number of aliphatic hydroxyl groups excluding tert-OH is 6. The first-order chi connectivity index (χ1) is 9.58. The first-order valence-electron chi connectivity index (χ1n) is 5.95. The van der Waals surface area contributed by atoms with E-state index in [0.29, 0.717) is 0 Å². The maximum absolute atomic E-state index is 10.5. The molecule has 12 heteroatoms. The van der Waals surface area contributed by atoms with E-state index in [-0.39, 0.29) is 0 Å². The largest absolute Gasteiger partial charge is 0.469 e. The number of phosphoric acid groups is 1. The Labute approximate surface area is 119 Å². The molecule has 8 N–H and O–H groups in total. The summed E-state index contributed by atoms with van der Waals surface area (Å²) in [5, 5.41) is 57.0. The number of aliphatic hydroxyl groups is 6. The Hall–Kier alpha value is -0.170. The molecule has 0 radical (unpaired) electrons. The van der Waals surface area contributed by atoms with Gasteiger partial charge < -0.3 is 45.2 Å². The molecule has 21 heavy (non-hydrogen) atoms. The van der Waals surface area contributed by atoms with E-state index < -0.39 is 63.8 Å². The highest BCUT2D eigenvalue weighted by molar-refractivity contribution is 7.46. The monoisotopic (exact) mass is 334 g/mol. The second kappa shape index (κ2) is 7.40. The van der Waals surface area contributed by atoms with Gasteiger partial charge in [-0.15, -0.1) is 0 Å². The molecule has 11 nitrogen and oxygen atoms in total. The molecule has 1 heterocycles. The molecule has 126 valence electrons. The van der Waals surface area contributed by atoms with Crippen molar-refractivity contribution in [3.05, 3.63) is 0 Å². The van der Waals surface area contributed by atoms with Crippen LogP contribution in [0.1, 0.15) is 0 Å². The van der Waals surface area contributed by atoms with Crippen molar-refractivity contribution in [3.8, 4) is 0 Å². The highest BCUT2D eigenvalue weighted by Gasteiger charge is 2.47. The summed E-state index contributed by atoms with van der Waals surface area (Å²) < 4.78 is 19.5. The van der Waals surface area contributed by atoms with Crippen LogP contribution in [-0.4, -0.2) is 96.4 Å². The molecule has 0 saturated carbocycles. The molecule has 7 atom stereocenters. The summed E-state index contributed by atoms with van der Waals surface area (Å²) in [5.41, 5.74) is 0. The van der Waals surface area contributed by atoms with Crippen molar-refractivity contribution >= 4 is 7.82 Å². The maximum atomic E-state index is 10.5. The number of hydrogen-bond acceptors (Lipinski definition) is 9. The Morgan fingerprint density at radius 2 is 1.67 bits per heavy atom. The fourth-order valence-electron chi connectivity index (χ4n) is 1.90. The minimum atomic E-state index is -4.86. The van der Waals surface area contributed by atoms with Gasteiger partial charge in [0, 0.05) is 0 Å². The lowest BCUT2D eigenvalue weighted by Crippen LogP contribution is -2.63. The molecule has 3 unspecified atom stereocenters. The van der Waals surface area contributed by atoms with Crippen LogP contribution in [0.2, 0.25) is 0 Å². The highest BCUT2D eigenvalue weighted by atomic mass is 31.2. The molecule has 1 saturated heterocycles. The van der Waals surface area contributed by atoms with E-state index in [2.05, 4.69) is 4.52 Å². The lowest BCUT2D eigenvalue weighted by molar-refractivity contribution is -0.258. The van der Waals surface area contributed by atoms with Crippen LogP contribution < -0.4 is 0 Å². The summed E-state index contributed by atoms with van der Waals surface area (Å²) in [6.45, 7) is -1.68. The molecule has 1 aliphatic rings. The van der Waals surface area contributed by atoms with E-state index in [1.807, 2.05) is 0 Å². The zero-order chi connectivity index (χ0) is 16.4. The first kappa shape index (κ1) is 18.9. The fourth-order valence-corrected chi connectivity index (χ4v) is 2.25. The SMILES string of the molecule is O=P(O)(O)OCC(O)C(O)C1O[C@H](CO)[C@@H](O)[C@H](O)[C@H]1O. The topological polar surface area (TPSA) is 197 Å². The van der Waals surface area contributed by atoms with Crippen molar-refractivity contribution in [3.63, 3.8) is 0 Å². The molecule has 0 aromatic heterocycles. The molecule has 0 bridgehead atoms. The van der Waals surface area contributed by atoms with Gasteiger partial charge in [0.15, 0.2) is 0 Å². The zero-order valence-electron chi connectivity index (χ0n) is 10.7. The van der Waals surface area contributed by atoms with Gasteiger partial charge in [-0.3, -0.25) is 4.52 Å². The van der Waals surface area contributed by atoms with Gasteiger partial charge in [0.05, 0.1) is 13.2 Å². The molecule has 1 rings (SSSR count). The van der Waals surface area contributed by atoms with Crippen molar-refractivity contribution in [1.82, 2.24) is 0 Å². The Morgan fingerprint density at radius 1 is 1.10 bits per heavy atom. The van der Waals surface area contributed by atoms with Gasteiger partial charge in [-0.1, -0.05) is 0 Å². The average molecular weight is 334 g/mol. The number of rotatable bonds is 6. The summed E-state index contributed by atoms with van der Waals surface area (Å²) in [7, 11) is -4.86. The summed E-state index contributed by atoms with van der Waals surface area (Å²) in [5.74, 6) is 0. The van der Waals surface area contributed by atoms with Crippen LogP contribution in [0.15, 0.2) is 0 Å². The second-order valence-electron chi connectivity index (χ2n) is 4.64. The van der Waals surface area contributed by atoms with E-state index in [4.69, 9.17) is 19.6 Å². The van der Waals surface area contributed by atoms with Gasteiger partial charge in [0.2, 0.25) is 0 Å².